The van der Waals surface area contributed by atoms with Gasteiger partial charge in [-0.1, -0.05) is 36.5 Å². The minimum atomic E-state index is -1.02. The Balaban J connectivity index is 1.79. The van der Waals surface area contributed by atoms with E-state index in [1.54, 1.807) is 0 Å². The van der Waals surface area contributed by atoms with E-state index in [9.17, 15) is 15.0 Å². The number of benzene rings is 1. The van der Waals surface area contributed by atoms with Gasteiger partial charge in [0.1, 0.15) is 6.23 Å². The van der Waals surface area contributed by atoms with Crippen molar-refractivity contribution in [2.45, 2.75) is 38.0 Å². The Morgan fingerprint density at radius 2 is 2.00 bits per heavy atom. The lowest BCUT2D eigenvalue weighted by Crippen LogP contribution is -2.43. The van der Waals surface area contributed by atoms with Crippen LogP contribution in [0.4, 0.5) is 4.79 Å². The first-order valence-corrected chi connectivity index (χ1v) is 7.42. The SMILES string of the molecule is O=C(O)N1C(O)CC2C(C#Cc3ccccc3)CCCC21. The summed E-state index contributed by atoms with van der Waals surface area (Å²) in [5, 5.41) is 19.2. The monoisotopic (exact) mass is 285 g/mol. The number of likely N-dealkylation sites (tertiary alicyclic amines) is 1. The molecule has 1 amide bonds. The summed E-state index contributed by atoms with van der Waals surface area (Å²) in [6, 6.07) is 9.74. The maximum atomic E-state index is 11.3. The second-order valence-corrected chi connectivity index (χ2v) is 5.81. The van der Waals surface area contributed by atoms with Gasteiger partial charge in [0.05, 0.1) is 0 Å². The van der Waals surface area contributed by atoms with E-state index in [0.29, 0.717) is 6.42 Å². The molecule has 4 atom stereocenters. The number of amides is 1. The van der Waals surface area contributed by atoms with Gasteiger partial charge in [0, 0.05) is 17.5 Å². The van der Waals surface area contributed by atoms with E-state index in [4.69, 9.17) is 0 Å². The quantitative estimate of drug-likeness (QED) is 0.720. The third-order valence-electron chi connectivity index (χ3n) is 4.58. The van der Waals surface area contributed by atoms with Gasteiger partial charge in [-0.05, 0) is 37.3 Å². The normalized spacial score (nSPS) is 31.2. The zero-order valence-corrected chi connectivity index (χ0v) is 11.8. The van der Waals surface area contributed by atoms with Crippen molar-refractivity contribution < 1.29 is 15.0 Å². The molecular weight excluding hydrogens is 266 g/mol. The number of nitrogens with zero attached hydrogens (tertiary/aromatic N) is 1. The van der Waals surface area contributed by atoms with Crippen LogP contribution in [0.3, 0.4) is 0 Å². The molecule has 4 heteroatoms. The highest BCUT2D eigenvalue weighted by molar-refractivity contribution is 5.66. The van der Waals surface area contributed by atoms with Crippen LogP contribution in [0, 0.1) is 23.7 Å². The van der Waals surface area contributed by atoms with Crippen LogP contribution in [0.1, 0.15) is 31.2 Å². The number of carbonyl (C=O) groups is 1. The summed E-state index contributed by atoms with van der Waals surface area (Å²) in [4.78, 5) is 12.5. The Morgan fingerprint density at radius 1 is 1.24 bits per heavy atom. The molecular formula is C17H19NO3. The van der Waals surface area contributed by atoms with Crippen LogP contribution in [0.25, 0.3) is 0 Å². The molecule has 4 unspecified atom stereocenters. The average molecular weight is 285 g/mol. The number of fused-ring (bicyclic) bond motifs is 1. The minimum absolute atomic E-state index is 0.0821. The van der Waals surface area contributed by atoms with Crippen LogP contribution in [0.5, 0.6) is 0 Å². The summed E-state index contributed by atoms with van der Waals surface area (Å²) in [5.41, 5.74) is 0.980. The molecule has 1 heterocycles. The van der Waals surface area contributed by atoms with Gasteiger partial charge in [0.2, 0.25) is 0 Å². The average Bonchev–Trinajstić information content (AvgIpc) is 2.82. The van der Waals surface area contributed by atoms with Crippen molar-refractivity contribution in [3.63, 3.8) is 0 Å². The Labute approximate surface area is 124 Å². The Hall–Kier alpha value is -1.99. The van der Waals surface area contributed by atoms with Gasteiger partial charge in [-0.15, -0.1) is 0 Å². The first-order chi connectivity index (χ1) is 10.2. The van der Waals surface area contributed by atoms with Crippen molar-refractivity contribution in [3.8, 4) is 11.8 Å². The number of aliphatic hydroxyl groups is 1. The highest BCUT2D eigenvalue weighted by Crippen LogP contribution is 2.42. The van der Waals surface area contributed by atoms with Gasteiger partial charge in [-0.3, -0.25) is 4.90 Å². The number of rotatable bonds is 0. The van der Waals surface area contributed by atoms with Crippen molar-refractivity contribution in [2.24, 2.45) is 11.8 Å². The lowest BCUT2D eigenvalue weighted by molar-refractivity contribution is 0.0203. The first kappa shape index (κ1) is 14.0. The molecule has 2 fully saturated rings. The van der Waals surface area contributed by atoms with E-state index in [1.807, 2.05) is 30.3 Å². The van der Waals surface area contributed by atoms with Crippen LogP contribution in [0.15, 0.2) is 30.3 Å². The predicted octanol–water partition coefficient (Wildman–Crippen LogP) is 2.53. The Morgan fingerprint density at radius 3 is 2.71 bits per heavy atom. The zero-order valence-electron chi connectivity index (χ0n) is 11.8. The summed E-state index contributed by atoms with van der Waals surface area (Å²) in [7, 11) is 0. The third kappa shape index (κ3) is 2.74. The van der Waals surface area contributed by atoms with Gasteiger partial charge in [-0.25, -0.2) is 4.79 Å². The van der Waals surface area contributed by atoms with Crippen molar-refractivity contribution >= 4 is 6.09 Å². The van der Waals surface area contributed by atoms with Gasteiger partial charge in [0.15, 0.2) is 0 Å². The molecule has 1 saturated heterocycles. The summed E-state index contributed by atoms with van der Waals surface area (Å²) in [6.45, 7) is 0. The first-order valence-electron chi connectivity index (χ1n) is 7.42. The van der Waals surface area contributed by atoms with Crippen LogP contribution in [-0.2, 0) is 0 Å². The van der Waals surface area contributed by atoms with Crippen LogP contribution in [-0.4, -0.2) is 33.5 Å². The third-order valence-corrected chi connectivity index (χ3v) is 4.58. The molecule has 1 aliphatic heterocycles. The minimum Gasteiger partial charge on any atom is -0.465 e. The van der Waals surface area contributed by atoms with E-state index >= 15 is 0 Å². The topological polar surface area (TPSA) is 60.8 Å². The highest BCUT2D eigenvalue weighted by atomic mass is 16.4. The van der Waals surface area contributed by atoms with Gasteiger partial charge >= 0.3 is 6.09 Å². The Kier molecular flexibility index (Phi) is 3.85. The molecule has 21 heavy (non-hydrogen) atoms. The summed E-state index contributed by atoms with van der Waals surface area (Å²) >= 11 is 0. The standard InChI is InChI=1S/C17H19NO3/c19-16-11-14-13(10-9-12-5-2-1-3-6-12)7-4-8-15(14)18(16)17(20)21/h1-3,5-6,13-16,19H,4,7-8,11H2,(H,20,21). The highest BCUT2D eigenvalue weighted by Gasteiger charge is 2.47. The fourth-order valence-corrected chi connectivity index (χ4v) is 3.63. The molecule has 3 rings (SSSR count). The number of hydrogen-bond donors (Lipinski definition) is 2. The van der Waals surface area contributed by atoms with E-state index in [2.05, 4.69) is 11.8 Å². The van der Waals surface area contributed by atoms with E-state index in [-0.39, 0.29) is 17.9 Å². The van der Waals surface area contributed by atoms with Crippen molar-refractivity contribution in [1.82, 2.24) is 4.90 Å². The molecule has 0 bridgehead atoms. The lowest BCUT2D eigenvalue weighted by atomic mass is 9.76. The molecule has 110 valence electrons. The fraction of sp³-hybridized carbons (Fsp3) is 0.471. The number of carboxylic acid groups (broad SMARTS) is 1. The molecule has 0 aromatic heterocycles. The van der Waals surface area contributed by atoms with Crippen molar-refractivity contribution in [1.29, 1.82) is 0 Å². The summed E-state index contributed by atoms with van der Waals surface area (Å²) in [5.74, 6) is 6.82. The number of hydrogen-bond acceptors (Lipinski definition) is 2. The fourth-order valence-electron chi connectivity index (χ4n) is 3.63. The molecule has 2 aliphatic rings. The molecule has 2 N–H and O–H groups in total. The van der Waals surface area contributed by atoms with Gasteiger partial charge < -0.3 is 10.2 Å². The Bertz CT molecular complexity index is 575. The summed E-state index contributed by atoms with van der Waals surface area (Å²) in [6.07, 6.45) is 1.39. The van der Waals surface area contributed by atoms with Gasteiger partial charge in [-0.2, -0.15) is 0 Å². The second-order valence-electron chi connectivity index (χ2n) is 5.81. The summed E-state index contributed by atoms with van der Waals surface area (Å²) < 4.78 is 0. The molecule has 1 saturated carbocycles. The number of aliphatic hydroxyl groups excluding tert-OH is 1. The largest absolute Gasteiger partial charge is 0.465 e. The van der Waals surface area contributed by atoms with Crippen molar-refractivity contribution in [3.05, 3.63) is 35.9 Å². The van der Waals surface area contributed by atoms with Gasteiger partial charge in [0.25, 0.3) is 0 Å². The van der Waals surface area contributed by atoms with Crippen LogP contribution in [0.2, 0.25) is 0 Å². The molecule has 0 radical (unpaired) electrons. The maximum Gasteiger partial charge on any atom is 0.409 e. The lowest BCUT2D eigenvalue weighted by Gasteiger charge is -2.33. The van der Waals surface area contributed by atoms with Crippen LogP contribution < -0.4 is 0 Å². The molecule has 4 nitrogen and oxygen atoms in total. The van der Waals surface area contributed by atoms with Crippen LogP contribution >= 0.6 is 0 Å². The molecule has 1 aliphatic carbocycles. The molecule has 1 aromatic carbocycles. The zero-order chi connectivity index (χ0) is 14.8. The van der Waals surface area contributed by atoms with E-state index < -0.39 is 12.3 Å². The predicted molar refractivity (Wildman–Crippen MR) is 78.4 cm³/mol. The van der Waals surface area contributed by atoms with E-state index in [0.717, 1.165) is 24.8 Å². The molecule has 0 spiro atoms. The van der Waals surface area contributed by atoms with Crippen molar-refractivity contribution in [2.75, 3.05) is 0 Å². The smallest absolute Gasteiger partial charge is 0.409 e. The molecule has 1 aromatic rings. The maximum absolute atomic E-state index is 11.3. The second kappa shape index (κ2) is 5.79. The van der Waals surface area contributed by atoms with E-state index in [1.165, 1.54) is 4.90 Å².